The molecule has 0 saturated heterocycles. The molecule has 1 aliphatic rings. The van der Waals surface area contributed by atoms with E-state index in [9.17, 15) is 13.9 Å². The van der Waals surface area contributed by atoms with Crippen molar-refractivity contribution < 1.29 is 13.9 Å². The lowest BCUT2D eigenvalue weighted by Crippen LogP contribution is -2.07. The van der Waals surface area contributed by atoms with Gasteiger partial charge in [0.15, 0.2) is 0 Å². The fourth-order valence-electron chi connectivity index (χ4n) is 2.20. The molecule has 1 aromatic heterocycles. The van der Waals surface area contributed by atoms with Crippen LogP contribution in [0.25, 0.3) is 10.6 Å². The van der Waals surface area contributed by atoms with E-state index in [0.29, 0.717) is 17.1 Å². The molecule has 1 aromatic carbocycles. The Labute approximate surface area is 107 Å². The quantitative estimate of drug-likeness (QED) is 0.858. The van der Waals surface area contributed by atoms with Crippen LogP contribution in [0.1, 0.15) is 29.5 Å². The second-order valence-electron chi connectivity index (χ2n) is 4.33. The molecule has 2 aromatic rings. The van der Waals surface area contributed by atoms with Crippen LogP contribution in [-0.4, -0.2) is 10.1 Å². The highest BCUT2D eigenvalue weighted by molar-refractivity contribution is 7.15. The summed E-state index contributed by atoms with van der Waals surface area (Å²) in [6.45, 7) is 0. The van der Waals surface area contributed by atoms with Gasteiger partial charge in [-0.05, 0) is 31.4 Å². The summed E-state index contributed by atoms with van der Waals surface area (Å²) in [5.74, 6) is -1.23. The highest BCUT2D eigenvalue weighted by Crippen LogP contribution is 2.38. The molecule has 0 bridgehead atoms. The summed E-state index contributed by atoms with van der Waals surface area (Å²) in [7, 11) is 0. The van der Waals surface area contributed by atoms with E-state index < -0.39 is 17.7 Å². The molecule has 18 heavy (non-hydrogen) atoms. The monoisotopic (exact) mass is 267 g/mol. The smallest absolute Gasteiger partial charge is 0.136 e. The lowest BCUT2D eigenvalue weighted by molar-refractivity contribution is 0.153. The van der Waals surface area contributed by atoms with Gasteiger partial charge < -0.3 is 5.11 Å². The lowest BCUT2D eigenvalue weighted by Gasteiger charge is -2.14. The Morgan fingerprint density at radius 2 is 2.00 bits per heavy atom. The van der Waals surface area contributed by atoms with Crippen molar-refractivity contribution >= 4 is 11.3 Å². The normalized spacial score (nSPS) is 18.7. The Balaban J connectivity index is 2.13. The van der Waals surface area contributed by atoms with Crippen LogP contribution in [0.5, 0.6) is 0 Å². The first kappa shape index (κ1) is 11.7. The molecule has 1 N–H and O–H groups in total. The Morgan fingerprint density at radius 1 is 1.28 bits per heavy atom. The van der Waals surface area contributed by atoms with Crippen LogP contribution in [0, 0.1) is 11.6 Å². The Kier molecular flexibility index (Phi) is 2.87. The van der Waals surface area contributed by atoms with Crippen LogP contribution >= 0.6 is 11.3 Å². The van der Waals surface area contributed by atoms with Gasteiger partial charge in [-0.15, -0.1) is 11.3 Å². The first-order valence-electron chi connectivity index (χ1n) is 5.79. The number of aryl methyl sites for hydroxylation is 1. The summed E-state index contributed by atoms with van der Waals surface area (Å²) < 4.78 is 27.3. The van der Waals surface area contributed by atoms with Gasteiger partial charge in [0.1, 0.15) is 16.6 Å². The van der Waals surface area contributed by atoms with Gasteiger partial charge >= 0.3 is 0 Å². The minimum absolute atomic E-state index is 0.0934. The molecule has 0 saturated carbocycles. The van der Waals surface area contributed by atoms with Crippen LogP contribution in [0.15, 0.2) is 18.2 Å². The Morgan fingerprint density at radius 3 is 2.67 bits per heavy atom. The maximum absolute atomic E-state index is 13.7. The third-order valence-electron chi connectivity index (χ3n) is 3.10. The maximum Gasteiger partial charge on any atom is 0.136 e. The van der Waals surface area contributed by atoms with E-state index in [2.05, 4.69) is 4.98 Å². The number of rotatable bonds is 1. The number of hydrogen-bond acceptors (Lipinski definition) is 3. The molecule has 0 spiro atoms. The summed E-state index contributed by atoms with van der Waals surface area (Å²) in [4.78, 5) is 5.15. The van der Waals surface area contributed by atoms with Crippen molar-refractivity contribution in [1.29, 1.82) is 0 Å². The van der Waals surface area contributed by atoms with E-state index in [-0.39, 0.29) is 5.56 Å². The summed E-state index contributed by atoms with van der Waals surface area (Å²) in [5.41, 5.74) is 0.494. The summed E-state index contributed by atoms with van der Waals surface area (Å²) in [6.07, 6.45) is 1.76. The van der Waals surface area contributed by atoms with E-state index in [1.54, 1.807) is 0 Å². The van der Waals surface area contributed by atoms with Gasteiger partial charge in [-0.3, -0.25) is 0 Å². The number of halogens is 2. The SMILES string of the molecule is OC1CCCc2sc(-c3c(F)cccc3F)nc21. The topological polar surface area (TPSA) is 33.1 Å². The zero-order valence-electron chi connectivity index (χ0n) is 9.49. The molecule has 0 amide bonds. The van der Waals surface area contributed by atoms with E-state index in [1.165, 1.54) is 29.5 Å². The number of nitrogens with zero attached hydrogens (tertiary/aromatic N) is 1. The molecule has 5 heteroatoms. The Bertz CT molecular complexity index is 576. The van der Waals surface area contributed by atoms with Crippen LogP contribution in [0.2, 0.25) is 0 Å². The summed E-state index contributed by atoms with van der Waals surface area (Å²) >= 11 is 1.27. The van der Waals surface area contributed by atoms with Gasteiger partial charge in [0.05, 0.1) is 17.4 Å². The number of fused-ring (bicyclic) bond motifs is 1. The van der Waals surface area contributed by atoms with Gasteiger partial charge in [0.2, 0.25) is 0 Å². The van der Waals surface area contributed by atoms with E-state index in [0.717, 1.165) is 17.7 Å². The van der Waals surface area contributed by atoms with Crippen LogP contribution in [0.4, 0.5) is 8.78 Å². The molecule has 1 heterocycles. The molecule has 0 fully saturated rings. The zero-order chi connectivity index (χ0) is 12.7. The number of hydrogen-bond donors (Lipinski definition) is 1. The number of thiazole rings is 1. The molecule has 0 aliphatic heterocycles. The van der Waals surface area contributed by atoms with Gasteiger partial charge in [-0.2, -0.15) is 0 Å². The number of benzene rings is 1. The first-order valence-corrected chi connectivity index (χ1v) is 6.60. The van der Waals surface area contributed by atoms with Crippen molar-refractivity contribution in [3.05, 3.63) is 40.4 Å². The van der Waals surface area contributed by atoms with Crippen molar-refractivity contribution in [2.24, 2.45) is 0 Å². The van der Waals surface area contributed by atoms with Gasteiger partial charge in [-0.1, -0.05) is 6.07 Å². The fraction of sp³-hybridized carbons (Fsp3) is 0.308. The molecule has 0 radical (unpaired) electrons. The molecule has 94 valence electrons. The molecule has 1 unspecified atom stereocenters. The summed E-state index contributed by atoms with van der Waals surface area (Å²) in [6, 6.07) is 3.76. The molecule has 2 nitrogen and oxygen atoms in total. The van der Waals surface area contributed by atoms with Crippen molar-refractivity contribution in [1.82, 2.24) is 4.98 Å². The lowest BCUT2D eigenvalue weighted by atomic mass is 10.0. The van der Waals surface area contributed by atoms with Gasteiger partial charge in [0.25, 0.3) is 0 Å². The highest BCUT2D eigenvalue weighted by atomic mass is 32.1. The zero-order valence-corrected chi connectivity index (χ0v) is 10.3. The standard InChI is InChI=1S/C13H11F2NOS/c14-7-3-1-4-8(15)11(7)13-16-12-9(17)5-2-6-10(12)18-13/h1,3-4,9,17H,2,5-6H2. The Hall–Kier alpha value is -1.33. The predicted molar refractivity (Wildman–Crippen MR) is 65.4 cm³/mol. The van der Waals surface area contributed by atoms with E-state index in [1.807, 2.05) is 0 Å². The second kappa shape index (κ2) is 4.40. The van der Waals surface area contributed by atoms with Gasteiger partial charge in [-0.25, -0.2) is 13.8 Å². The van der Waals surface area contributed by atoms with Crippen molar-refractivity contribution in [2.45, 2.75) is 25.4 Å². The molecular formula is C13H11F2NOS. The number of aromatic nitrogens is 1. The number of aliphatic hydroxyl groups is 1. The third kappa shape index (κ3) is 1.83. The van der Waals surface area contributed by atoms with Gasteiger partial charge in [0, 0.05) is 4.88 Å². The van der Waals surface area contributed by atoms with Crippen LogP contribution < -0.4 is 0 Å². The molecule has 1 atom stereocenters. The van der Waals surface area contributed by atoms with Crippen LogP contribution in [0.3, 0.4) is 0 Å². The highest BCUT2D eigenvalue weighted by Gasteiger charge is 2.25. The molecular weight excluding hydrogens is 256 g/mol. The second-order valence-corrected chi connectivity index (χ2v) is 5.42. The minimum Gasteiger partial charge on any atom is -0.387 e. The predicted octanol–water partition coefficient (Wildman–Crippen LogP) is 3.46. The fourth-order valence-corrected chi connectivity index (χ4v) is 3.41. The largest absolute Gasteiger partial charge is 0.387 e. The third-order valence-corrected chi connectivity index (χ3v) is 4.25. The van der Waals surface area contributed by atoms with E-state index >= 15 is 0 Å². The molecule has 3 rings (SSSR count). The minimum atomic E-state index is -0.615. The number of aliphatic hydroxyl groups excluding tert-OH is 1. The average molecular weight is 267 g/mol. The van der Waals surface area contributed by atoms with E-state index in [4.69, 9.17) is 0 Å². The van der Waals surface area contributed by atoms with Crippen LogP contribution in [-0.2, 0) is 6.42 Å². The van der Waals surface area contributed by atoms with Crippen molar-refractivity contribution in [3.63, 3.8) is 0 Å². The summed E-state index contributed by atoms with van der Waals surface area (Å²) in [5, 5.41) is 10.1. The first-order chi connectivity index (χ1) is 8.66. The van der Waals surface area contributed by atoms with Crippen molar-refractivity contribution in [2.75, 3.05) is 0 Å². The van der Waals surface area contributed by atoms with Crippen molar-refractivity contribution in [3.8, 4) is 10.6 Å². The average Bonchev–Trinajstić information content (AvgIpc) is 2.74. The maximum atomic E-state index is 13.7. The molecule has 1 aliphatic carbocycles.